The van der Waals surface area contributed by atoms with E-state index in [2.05, 4.69) is 0 Å². The van der Waals surface area contributed by atoms with Crippen molar-refractivity contribution in [2.24, 2.45) is 0 Å². The Hall–Kier alpha value is -2.96. The van der Waals surface area contributed by atoms with Crippen LogP contribution < -0.4 is 14.2 Å². The van der Waals surface area contributed by atoms with Gasteiger partial charge in [0.05, 0.1) is 11.1 Å². The predicted molar refractivity (Wildman–Crippen MR) is 81.8 cm³/mol. The molecule has 2 aliphatic rings. The summed E-state index contributed by atoms with van der Waals surface area (Å²) in [4.78, 5) is 12.6. The lowest BCUT2D eigenvalue weighted by molar-refractivity contribution is -0.137. The van der Waals surface area contributed by atoms with Crippen molar-refractivity contribution in [2.45, 2.75) is 6.18 Å². The summed E-state index contributed by atoms with van der Waals surface area (Å²) in [6, 6.07) is 7.75. The number of rotatable bonds is 1. The molecule has 2 aliphatic heterocycles. The van der Waals surface area contributed by atoms with Gasteiger partial charge in [-0.25, -0.2) is 0 Å². The average Bonchev–Trinajstić information content (AvgIpc) is 3.03. The Morgan fingerprint density at radius 1 is 0.920 bits per heavy atom. The molecule has 0 unspecified atom stereocenters. The van der Waals surface area contributed by atoms with Crippen LogP contribution in [-0.4, -0.2) is 19.2 Å². The maximum Gasteiger partial charge on any atom is 0.416 e. The van der Waals surface area contributed by atoms with Gasteiger partial charge in [0.2, 0.25) is 6.79 Å². The van der Waals surface area contributed by atoms with E-state index in [-0.39, 0.29) is 19.2 Å². The molecule has 0 radical (unpaired) electrons. The summed E-state index contributed by atoms with van der Waals surface area (Å²) >= 11 is 0. The minimum atomic E-state index is -4.39. The summed E-state index contributed by atoms with van der Waals surface area (Å²) in [6.07, 6.45) is -2.87. The van der Waals surface area contributed by atoms with Crippen molar-refractivity contribution in [1.29, 1.82) is 0 Å². The highest BCUT2D eigenvalue weighted by atomic mass is 19.4. The van der Waals surface area contributed by atoms with Crippen LogP contribution in [0, 0.1) is 0 Å². The van der Waals surface area contributed by atoms with Crippen LogP contribution >= 0.6 is 0 Å². The van der Waals surface area contributed by atoms with Crippen LogP contribution in [0.5, 0.6) is 17.2 Å². The SMILES string of the molecule is O=C1C(=Cc2ccc(C(F)(F)F)cc2)COc2cc3c(cc21)OCO3. The Bertz CT molecular complexity index is 882. The monoisotopic (exact) mass is 348 g/mol. The third-order valence-electron chi connectivity index (χ3n) is 3.97. The lowest BCUT2D eigenvalue weighted by Crippen LogP contribution is -2.19. The van der Waals surface area contributed by atoms with E-state index in [1.807, 2.05) is 0 Å². The molecule has 0 atom stereocenters. The molecular weight excluding hydrogens is 337 g/mol. The molecule has 7 heteroatoms. The Balaban J connectivity index is 1.64. The van der Waals surface area contributed by atoms with Crippen LogP contribution in [0.1, 0.15) is 21.5 Å². The number of hydrogen-bond donors (Lipinski definition) is 0. The number of fused-ring (bicyclic) bond motifs is 2. The van der Waals surface area contributed by atoms with Gasteiger partial charge in [0.1, 0.15) is 12.4 Å². The van der Waals surface area contributed by atoms with Gasteiger partial charge in [0.15, 0.2) is 17.3 Å². The van der Waals surface area contributed by atoms with E-state index in [0.29, 0.717) is 33.9 Å². The molecule has 4 nitrogen and oxygen atoms in total. The number of carbonyl (C=O) groups excluding carboxylic acids is 1. The van der Waals surface area contributed by atoms with Crippen LogP contribution in [0.25, 0.3) is 6.08 Å². The first-order valence-corrected chi connectivity index (χ1v) is 7.41. The van der Waals surface area contributed by atoms with Crippen molar-refractivity contribution in [3.63, 3.8) is 0 Å². The third kappa shape index (κ3) is 2.82. The van der Waals surface area contributed by atoms with Gasteiger partial charge in [-0.15, -0.1) is 0 Å². The first-order chi connectivity index (χ1) is 11.9. The van der Waals surface area contributed by atoms with Gasteiger partial charge in [-0.2, -0.15) is 13.2 Å². The molecule has 0 aromatic heterocycles. The molecule has 0 aliphatic carbocycles. The highest BCUT2D eigenvalue weighted by molar-refractivity contribution is 6.14. The molecule has 0 N–H and O–H groups in total. The van der Waals surface area contributed by atoms with Crippen LogP contribution in [0.15, 0.2) is 42.0 Å². The molecule has 0 amide bonds. The molecule has 4 rings (SSSR count). The second-order valence-electron chi connectivity index (χ2n) is 5.61. The smallest absolute Gasteiger partial charge is 0.416 e. The quantitative estimate of drug-likeness (QED) is 0.728. The van der Waals surface area contributed by atoms with E-state index in [4.69, 9.17) is 14.2 Å². The molecule has 2 heterocycles. The van der Waals surface area contributed by atoms with E-state index >= 15 is 0 Å². The number of alkyl halides is 3. The van der Waals surface area contributed by atoms with Gasteiger partial charge >= 0.3 is 6.18 Å². The highest BCUT2D eigenvalue weighted by Gasteiger charge is 2.30. The number of hydrogen-bond acceptors (Lipinski definition) is 4. The average molecular weight is 348 g/mol. The minimum absolute atomic E-state index is 0.0342. The molecule has 0 spiro atoms. The van der Waals surface area contributed by atoms with Gasteiger partial charge in [-0.3, -0.25) is 4.79 Å². The van der Waals surface area contributed by atoms with Crippen LogP contribution in [0.2, 0.25) is 0 Å². The predicted octanol–water partition coefficient (Wildman–Crippen LogP) is 4.09. The summed E-state index contributed by atoms with van der Waals surface area (Å²) in [5.41, 5.74) is 0.447. The van der Waals surface area contributed by atoms with Crippen LogP contribution in [0.4, 0.5) is 13.2 Å². The van der Waals surface area contributed by atoms with Crippen LogP contribution in [0.3, 0.4) is 0 Å². The van der Waals surface area contributed by atoms with Gasteiger partial charge in [-0.05, 0) is 29.8 Å². The number of ketones is 1. The maximum atomic E-state index is 12.6. The molecule has 0 bridgehead atoms. The fourth-order valence-electron chi connectivity index (χ4n) is 2.69. The highest BCUT2D eigenvalue weighted by Crippen LogP contribution is 2.40. The van der Waals surface area contributed by atoms with Gasteiger partial charge < -0.3 is 14.2 Å². The summed E-state index contributed by atoms with van der Waals surface area (Å²) < 4.78 is 53.9. The first kappa shape index (κ1) is 15.6. The zero-order valence-corrected chi connectivity index (χ0v) is 12.7. The number of halogens is 3. The van der Waals surface area contributed by atoms with Crippen molar-refractivity contribution in [3.05, 3.63) is 58.7 Å². The molecular formula is C18H11F3O4. The third-order valence-corrected chi connectivity index (χ3v) is 3.97. The van der Waals surface area contributed by atoms with Crippen molar-refractivity contribution in [1.82, 2.24) is 0 Å². The molecule has 2 aromatic carbocycles. The van der Waals surface area contributed by atoms with E-state index in [0.717, 1.165) is 12.1 Å². The fraction of sp³-hybridized carbons (Fsp3) is 0.167. The molecule has 128 valence electrons. The minimum Gasteiger partial charge on any atom is -0.488 e. The molecule has 0 saturated carbocycles. The first-order valence-electron chi connectivity index (χ1n) is 7.41. The van der Waals surface area contributed by atoms with Gasteiger partial charge in [0.25, 0.3) is 0 Å². The second kappa shape index (κ2) is 5.54. The summed E-state index contributed by atoms with van der Waals surface area (Å²) in [5, 5.41) is 0. The fourth-order valence-corrected chi connectivity index (χ4v) is 2.69. The lowest BCUT2D eigenvalue weighted by Gasteiger charge is -2.19. The normalized spacial score (nSPS) is 17.4. The largest absolute Gasteiger partial charge is 0.488 e. The number of carbonyl (C=O) groups is 1. The Morgan fingerprint density at radius 2 is 1.60 bits per heavy atom. The van der Waals surface area contributed by atoms with Crippen LogP contribution in [-0.2, 0) is 6.18 Å². The van der Waals surface area contributed by atoms with E-state index in [1.165, 1.54) is 18.2 Å². The summed E-state index contributed by atoms with van der Waals surface area (Å²) in [5.74, 6) is 1.13. The van der Waals surface area contributed by atoms with E-state index in [9.17, 15) is 18.0 Å². The van der Waals surface area contributed by atoms with Crippen molar-refractivity contribution in [2.75, 3.05) is 13.4 Å². The van der Waals surface area contributed by atoms with Gasteiger partial charge in [0, 0.05) is 11.6 Å². The van der Waals surface area contributed by atoms with E-state index in [1.54, 1.807) is 12.1 Å². The van der Waals surface area contributed by atoms with Crippen molar-refractivity contribution in [3.8, 4) is 17.2 Å². The number of benzene rings is 2. The number of ether oxygens (including phenoxy) is 3. The van der Waals surface area contributed by atoms with E-state index < -0.39 is 11.7 Å². The van der Waals surface area contributed by atoms with Crippen molar-refractivity contribution < 1.29 is 32.2 Å². The van der Waals surface area contributed by atoms with Crippen molar-refractivity contribution >= 4 is 11.9 Å². The second-order valence-corrected chi connectivity index (χ2v) is 5.61. The zero-order chi connectivity index (χ0) is 17.6. The Morgan fingerprint density at radius 3 is 2.28 bits per heavy atom. The summed E-state index contributed by atoms with van der Waals surface area (Å²) in [6.45, 7) is 0.118. The summed E-state index contributed by atoms with van der Waals surface area (Å²) in [7, 11) is 0. The molecule has 0 saturated heterocycles. The maximum absolute atomic E-state index is 12.6. The number of Topliss-reactive ketones (excluding diaryl/α,β-unsaturated/α-hetero) is 1. The Kier molecular flexibility index (Phi) is 3.45. The lowest BCUT2D eigenvalue weighted by atomic mass is 9.97. The Labute approximate surface area is 140 Å². The van der Waals surface area contributed by atoms with Gasteiger partial charge in [-0.1, -0.05) is 12.1 Å². The molecule has 25 heavy (non-hydrogen) atoms. The molecule has 0 fully saturated rings. The topological polar surface area (TPSA) is 44.8 Å². The zero-order valence-electron chi connectivity index (χ0n) is 12.7. The standard InChI is InChI=1S/C18H11F3O4/c19-18(20,21)12-3-1-10(2-4-12)5-11-8-23-14-7-16-15(24-9-25-16)6-13(14)17(11)22/h1-7H,8-9H2. The molecule has 2 aromatic rings.